The van der Waals surface area contributed by atoms with E-state index in [-0.39, 0.29) is 42.0 Å². The lowest BCUT2D eigenvalue weighted by molar-refractivity contribution is -0.138. The number of hydrogen-bond acceptors (Lipinski definition) is 4. The van der Waals surface area contributed by atoms with Crippen molar-refractivity contribution < 1.29 is 41.4 Å². The van der Waals surface area contributed by atoms with Gasteiger partial charge in [0.15, 0.2) is 0 Å². The number of rotatable bonds is 9. The maximum absolute atomic E-state index is 13.9. The van der Waals surface area contributed by atoms with Crippen molar-refractivity contribution in [2.75, 3.05) is 7.11 Å². The van der Waals surface area contributed by atoms with Crippen LogP contribution in [0.15, 0.2) is 54.7 Å². The first-order valence-electron chi connectivity index (χ1n) is 11.1. The third-order valence-electron chi connectivity index (χ3n) is 5.72. The van der Waals surface area contributed by atoms with Gasteiger partial charge in [-0.25, -0.2) is 18.6 Å². The minimum atomic E-state index is -4.67. The standard InChI is InChI=1S/C26H23F5N2O4/c1-3-20(8-15-5-7-23(37-2)21(9-15)26(29,30)31)33(14-16-4-6-22(25(35)36)32-13-16)24(34)17-10-18(27)12-19(28)11-17/h4-7,9-13,20H,3,8,14H2,1-2H3,(H,35,36)/t20-/m0/s1. The molecular formula is C26H23F5N2O4. The third kappa shape index (κ3) is 6.81. The second kappa shape index (κ2) is 11.4. The number of benzene rings is 2. The molecule has 37 heavy (non-hydrogen) atoms. The maximum Gasteiger partial charge on any atom is 0.419 e. The summed E-state index contributed by atoms with van der Waals surface area (Å²) in [7, 11) is 1.13. The van der Waals surface area contributed by atoms with Gasteiger partial charge in [-0.1, -0.05) is 19.1 Å². The molecule has 0 radical (unpaired) electrons. The molecule has 0 aliphatic rings. The van der Waals surface area contributed by atoms with E-state index in [0.717, 1.165) is 25.3 Å². The average molecular weight is 522 g/mol. The topological polar surface area (TPSA) is 79.7 Å². The molecule has 1 atom stereocenters. The summed E-state index contributed by atoms with van der Waals surface area (Å²) in [5.74, 6) is -4.28. The molecule has 196 valence electrons. The number of aromatic nitrogens is 1. The summed E-state index contributed by atoms with van der Waals surface area (Å²) < 4.78 is 73.1. The van der Waals surface area contributed by atoms with Crippen LogP contribution in [0.1, 0.15) is 50.9 Å². The Morgan fingerprint density at radius 2 is 1.68 bits per heavy atom. The lowest BCUT2D eigenvalue weighted by Gasteiger charge is -2.32. The molecule has 1 N–H and O–H groups in total. The van der Waals surface area contributed by atoms with Crippen molar-refractivity contribution in [2.45, 2.75) is 38.5 Å². The fourth-order valence-electron chi connectivity index (χ4n) is 3.90. The van der Waals surface area contributed by atoms with Gasteiger partial charge in [-0.15, -0.1) is 0 Å². The monoisotopic (exact) mass is 522 g/mol. The number of methoxy groups -OCH3 is 1. The van der Waals surface area contributed by atoms with Crippen molar-refractivity contribution >= 4 is 11.9 Å². The Morgan fingerprint density at radius 1 is 1.03 bits per heavy atom. The molecule has 1 amide bonds. The van der Waals surface area contributed by atoms with Crippen LogP contribution in [0.2, 0.25) is 0 Å². The van der Waals surface area contributed by atoms with Gasteiger partial charge in [0.05, 0.1) is 12.7 Å². The number of aromatic carboxylic acids is 1. The van der Waals surface area contributed by atoms with Gasteiger partial charge in [0.1, 0.15) is 23.1 Å². The Balaban J connectivity index is 2.01. The molecule has 6 nitrogen and oxygen atoms in total. The van der Waals surface area contributed by atoms with E-state index in [2.05, 4.69) is 4.98 Å². The number of amides is 1. The highest BCUT2D eigenvalue weighted by molar-refractivity contribution is 5.94. The number of carboxylic acids is 1. The normalized spacial score (nSPS) is 12.2. The van der Waals surface area contributed by atoms with E-state index >= 15 is 0 Å². The molecule has 0 unspecified atom stereocenters. The van der Waals surface area contributed by atoms with Gasteiger partial charge < -0.3 is 14.7 Å². The molecule has 3 aromatic rings. The molecule has 1 heterocycles. The molecule has 0 saturated heterocycles. The molecule has 2 aromatic carbocycles. The molecule has 0 fully saturated rings. The number of halogens is 5. The Morgan fingerprint density at radius 3 is 2.19 bits per heavy atom. The van der Waals surface area contributed by atoms with Crippen LogP contribution < -0.4 is 4.74 Å². The second-order valence-corrected chi connectivity index (χ2v) is 8.25. The van der Waals surface area contributed by atoms with Crippen molar-refractivity contribution in [2.24, 2.45) is 0 Å². The molecular weight excluding hydrogens is 499 g/mol. The number of ether oxygens (including phenoxy) is 1. The van der Waals surface area contributed by atoms with Crippen molar-refractivity contribution in [1.29, 1.82) is 0 Å². The highest BCUT2D eigenvalue weighted by Crippen LogP contribution is 2.37. The lowest BCUT2D eigenvalue weighted by Crippen LogP contribution is -2.41. The average Bonchev–Trinajstić information content (AvgIpc) is 2.84. The number of pyridine rings is 1. The predicted molar refractivity (Wildman–Crippen MR) is 123 cm³/mol. The molecule has 0 aliphatic carbocycles. The van der Waals surface area contributed by atoms with Gasteiger partial charge in [0.25, 0.3) is 5.91 Å². The van der Waals surface area contributed by atoms with E-state index in [1.165, 1.54) is 35.4 Å². The first kappa shape index (κ1) is 27.6. The SMILES string of the molecule is CC[C@@H](Cc1ccc(OC)c(C(F)(F)F)c1)N(Cc1ccc(C(=O)O)nc1)C(=O)c1cc(F)cc(F)c1. The summed E-state index contributed by atoms with van der Waals surface area (Å²) in [6.45, 7) is 1.59. The van der Waals surface area contributed by atoms with Crippen LogP contribution in [0, 0.1) is 11.6 Å². The largest absolute Gasteiger partial charge is 0.496 e. The minimum Gasteiger partial charge on any atom is -0.496 e. The van der Waals surface area contributed by atoms with E-state index in [1.54, 1.807) is 6.92 Å². The molecule has 0 spiro atoms. The number of alkyl halides is 3. The Bertz CT molecular complexity index is 1260. The number of nitrogens with zero attached hydrogens (tertiary/aromatic N) is 2. The fourth-order valence-corrected chi connectivity index (χ4v) is 3.90. The molecule has 1 aromatic heterocycles. The first-order valence-corrected chi connectivity index (χ1v) is 11.1. The summed E-state index contributed by atoms with van der Waals surface area (Å²) in [6, 6.07) is 7.91. The summed E-state index contributed by atoms with van der Waals surface area (Å²) >= 11 is 0. The summed E-state index contributed by atoms with van der Waals surface area (Å²) in [5, 5.41) is 9.07. The van der Waals surface area contributed by atoms with Crippen molar-refractivity contribution in [3.63, 3.8) is 0 Å². The number of carbonyl (C=O) groups is 2. The van der Waals surface area contributed by atoms with E-state index < -0.39 is 41.3 Å². The zero-order valence-corrected chi connectivity index (χ0v) is 19.9. The highest BCUT2D eigenvalue weighted by Gasteiger charge is 2.35. The van der Waals surface area contributed by atoms with E-state index in [4.69, 9.17) is 9.84 Å². The Labute approximate surface area is 209 Å². The van der Waals surface area contributed by atoms with Gasteiger partial charge >= 0.3 is 12.1 Å². The molecule has 0 bridgehead atoms. The van der Waals surface area contributed by atoms with E-state index in [9.17, 15) is 31.5 Å². The van der Waals surface area contributed by atoms with Gasteiger partial charge in [-0.3, -0.25) is 4.79 Å². The van der Waals surface area contributed by atoms with Crippen LogP contribution in [0.5, 0.6) is 5.75 Å². The van der Waals surface area contributed by atoms with Crippen LogP contribution in [0.4, 0.5) is 22.0 Å². The number of carboxylic acid groups (broad SMARTS) is 1. The van der Waals surface area contributed by atoms with Crippen LogP contribution in [-0.2, 0) is 19.1 Å². The van der Waals surface area contributed by atoms with Gasteiger partial charge in [-0.2, -0.15) is 13.2 Å². The number of carbonyl (C=O) groups excluding carboxylic acids is 1. The quantitative estimate of drug-likeness (QED) is 0.362. The fraction of sp³-hybridized carbons (Fsp3) is 0.269. The lowest BCUT2D eigenvalue weighted by atomic mass is 9.98. The summed E-state index contributed by atoms with van der Waals surface area (Å²) in [4.78, 5) is 29.6. The first-order chi connectivity index (χ1) is 17.4. The summed E-state index contributed by atoms with van der Waals surface area (Å²) in [5.41, 5.74) is -0.793. The van der Waals surface area contributed by atoms with Crippen molar-refractivity contribution in [3.05, 3.63) is 94.3 Å². The molecule has 0 aliphatic heterocycles. The van der Waals surface area contributed by atoms with Crippen LogP contribution >= 0.6 is 0 Å². The Kier molecular flexibility index (Phi) is 8.46. The van der Waals surface area contributed by atoms with Crippen LogP contribution in [0.25, 0.3) is 0 Å². The zero-order valence-electron chi connectivity index (χ0n) is 19.9. The van der Waals surface area contributed by atoms with Crippen LogP contribution in [0.3, 0.4) is 0 Å². The van der Waals surface area contributed by atoms with E-state index in [0.29, 0.717) is 11.6 Å². The Hall–Kier alpha value is -4.02. The van der Waals surface area contributed by atoms with Crippen molar-refractivity contribution in [1.82, 2.24) is 9.88 Å². The van der Waals surface area contributed by atoms with Crippen molar-refractivity contribution in [3.8, 4) is 5.75 Å². The second-order valence-electron chi connectivity index (χ2n) is 8.25. The summed E-state index contributed by atoms with van der Waals surface area (Å²) in [6.07, 6.45) is -3.14. The smallest absolute Gasteiger partial charge is 0.419 e. The molecule has 3 rings (SSSR count). The van der Waals surface area contributed by atoms with Gasteiger partial charge in [0, 0.05) is 30.4 Å². The maximum atomic E-state index is 13.9. The third-order valence-corrected chi connectivity index (χ3v) is 5.72. The molecule has 0 saturated carbocycles. The number of hydrogen-bond donors (Lipinski definition) is 1. The predicted octanol–water partition coefficient (Wildman–Crippen LogP) is 5.75. The van der Waals surface area contributed by atoms with Crippen LogP contribution in [-0.4, -0.2) is 40.0 Å². The van der Waals surface area contributed by atoms with Gasteiger partial charge in [0.2, 0.25) is 0 Å². The van der Waals surface area contributed by atoms with E-state index in [1.807, 2.05) is 0 Å². The highest BCUT2D eigenvalue weighted by atomic mass is 19.4. The minimum absolute atomic E-state index is 0.00620. The molecule has 11 heteroatoms. The zero-order chi connectivity index (χ0) is 27.3. The van der Waals surface area contributed by atoms with Gasteiger partial charge in [-0.05, 0) is 54.3 Å².